The van der Waals surface area contributed by atoms with Crippen molar-refractivity contribution < 1.29 is 18.7 Å². The van der Waals surface area contributed by atoms with Gasteiger partial charge in [-0.25, -0.2) is 4.39 Å². The number of nitrogens with one attached hydrogen (secondary N) is 1. The second-order valence-corrected chi connectivity index (χ2v) is 7.25. The first-order valence-corrected chi connectivity index (χ1v) is 9.39. The zero-order valence-corrected chi connectivity index (χ0v) is 15.2. The number of para-hydroxylation sites is 1. The summed E-state index contributed by atoms with van der Waals surface area (Å²) in [4.78, 5) is 26.6. The minimum absolute atomic E-state index is 0.00848. The van der Waals surface area contributed by atoms with Crippen LogP contribution in [0.4, 0.5) is 4.39 Å². The minimum atomic E-state index is -0.383. The van der Waals surface area contributed by atoms with Gasteiger partial charge >= 0.3 is 0 Å². The van der Waals surface area contributed by atoms with Crippen LogP contribution >= 0.6 is 11.3 Å². The van der Waals surface area contributed by atoms with Crippen molar-refractivity contribution in [3.8, 4) is 5.75 Å². The van der Waals surface area contributed by atoms with Crippen molar-refractivity contribution in [2.75, 3.05) is 19.6 Å². The van der Waals surface area contributed by atoms with Crippen LogP contribution in [0.2, 0.25) is 0 Å². The molecule has 2 aromatic carbocycles. The number of amides is 2. The number of benzene rings is 2. The minimum Gasteiger partial charge on any atom is -0.489 e. The second kappa shape index (κ2) is 7.36. The van der Waals surface area contributed by atoms with E-state index in [9.17, 15) is 14.0 Å². The van der Waals surface area contributed by atoms with Crippen molar-refractivity contribution in [3.63, 3.8) is 0 Å². The van der Waals surface area contributed by atoms with Crippen molar-refractivity contribution in [1.29, 1.82) is 0 Å². The van der Waals surface area contributed by atoms with Crippen LogP contribution in [0.1, 0.15) is 15.2 Å². The molecule has 2 amide bonds. The van der Waals surface area contributed by atoms with Crippen molar-refractivity contribution >= 4 is 33.2 Å². The summed E-state index contributed by atoms with van der Waals surface area (Å²) in [6.45, 7) is 0.931. The first-order chi connectivity index (χ1) is 13.1. The molecule has 7 heteroatoms. The lowest BCUT2D eigenvalue weighted by Crippen LogP contribution is -2.49. The van der Waals surface area contributed by atoms with Gasteiger partial charge in [-0.2, -0.15) is 0 Å². The number of carbonyl (C=O) groups is 2. The average Bonchev–Trinajstić information content (AvgIpc) is 3.06. The maximum atomic E-state index is 14.5. The number of piperazine rings is 1. The first-order valence-electron chi connectivity index (χ1n) is 8.57. The number of fused-ring (bicyclic) bond motifs is 1. The van der Waals surface area contributed by atoms with Gasteiger partial charge in [0.2, 0.25) is 5.91 Å². The summed E-state index contributed by atoms with van der Waals surface area (Å²) in [5.74, 6) is -0.198. The Hall–Kier alpha value is -2.93. The lowest BCUT2D eigenvalue weighted by molar-refractivity contribution is -0.123. The average molecular weight is 384 g/mol. The summed E-state index contributed by atoms with van der Waals surface area (Å²) in [7, 11) is 0. The summed E-state index contributed by atoms with van der Waals surface area (Å²) in [6, 6.07) is 14.0. The monoisotopic (exact) mass is 384 g/mol. The van der Waals surface area contributed by atoms with E-state index < -0.39 is 0 Å². The number of thiophene rings is 1. The molecule has 1 aliphatic heterocycles. The van der Waals surface area contributed by atoms with Crippen LogP contribution in [0.5, 0.6) is 5.75 Å². The van der Waals surface area contributed by atoms with Gasteiger partial charge < -0.3 is 15.0 Å². The van der Waals surface area contributed by atoms with Crippen molar-refractivity contribution in [2.24, 2.45) is 0 Å². The molecule has 0 saturated carbocycles. The molecule has 1 aliphatic rings. The second-order valence-electron chi connectivity index (χ2n) is 6.20. The molecule has 5 nitrogen and oxygen atoms in total. The maximum absolute atomic E-state index is 14.5. The highest BCUT2D eigenvalue weighted by Crippen LogP contribution is 2.35. The molecule has 0 radical (unpaired) electrons. The van der Waals surface area contributed by atoms with Crippen molar-refractivity contribution in [2.45, 2.75) is 6.61 Å². The highest BCUT2D eigenvalue weighted by atomic mass is 32.1. The van der Waals surface area contributed by atoms with Crippen LogP contribution in [0.25, 0.3) is 10.1 Å². The standard InChI is InChI=1S/C20H17FN2O3S/c21-15-7-4-8-16-18(15)14(12-26-13-5-2-1-3-6-13)19(27-16)20(25)23-10-9-22-17(24)11-23/h1-8H,9-12H2,(H,22,24). The molecule has 0 atom stereocenters. The van der Waals surface area contributed by atoms with Gasteiger partial charge in [-0.3, -0.25) is 9.59 Å². The van der Waals surface area contributed by atoms with Gasteiger partial charge in [-0.1, -0.05) is 24.3 Å². The van der Waals surface area contributed by atoms with Gasteiger partial charge in [0.1, 0.15) is 18.2 Å². The van der Waals surface area contributed by atoms with E-state index in [0.717, 1.165) is 0 Å². The summed E-state index contributed by atoms with van der Waals surface area (Å²) in [6.07, 6.45) is 0. The number of carbonyl (C=O) groups excluding carboxylic acids is 2. The molecule has 1 aromatic heterocycles. The van der Waals surface area contributed by atoms with E-state index >= 15 is 0 Å². The smallest absolute Gasteiger partial charge is 0.264 e. The van der Waals surface area contributed by atoms with Gasteiger partial charge in [-0.15, -0.1) is 11.3 Å². The molecule has 0 unspecified atom stereocenters. The van der Waals surface area contributed by atoms with Crippen LogP contribution in [-0.2, 0) is 11.4 Å². The third-order valence-corrected chi connectivity index (χ3v) is 5.59. The summed E-state index contributed by atoms with van der Waals surface area (Å²) < 4.78 is 21.0. The van der Waals surface area contributed by atoms with Gasteiger partial charge in [0.05, 0.1) is 11.4 Å². The van der Waals surface area contributed by atoms with Gasteiger partial charge in [-0.05, 0) is 24.3 Å². The lowest BCUT2D eigenvalue weighted by Gasteiger charge is -2.26. The number of halogens is 1. The number of hydrogen-bond acceptors (Lipinski definition) is 4. The zero-order valence-electron chi connectivity index (χ0n) is 14.4. The molecule has 0 spiro atoms. The third kappa shape index (κ3) is 3.50. The Morgan fingerprint density at radius 3 is 2.78 bits per heavy atom. The molecule has 4 rings (SSSR count). The van der Waals surface area contributed by atoms with Crippen LogP contribution in [0.15, 0.2) is 48.5 Å². The topological polar surface area (TPSA) is 58.6 Å². The fourth-order valence-electron chi connectivity index (χ4n) is 3.11. The van der Waals surface area contributed by atoms with Crippen molar-refractivity contribution in [3.05, 3.63) is 64.8 Å². The fourth-order valence-corrected chi connectivity index (χ4v) is 4.30. The lowest BCUT2D eigenvalue weighted by atomic mass is 10.1. The SMILES string of the molecule is O=C1CN(C(=O)c2sc3cccc(F)c3c2COc2ccccc2)CCN1. The summed E-state index contributed by atoms with van der Waals surface area (Å²) >= 11 is 1.23. The molecular formula is C20H17FN2O3S. The van der Waals surface area contributed by atoms with E-state index in [4.69, 9.17) is 4.74 Å². The van der Waals surface area contributed by atoms with E-state index in [0.29, 0.717) is 39.4 Å². The molecule has 27 heavy (non-hydrogen) atoms. The van der Waals surface area contributed by atoms with Crippen LogP contribution in [0, 0.1) is 5.82 Å². The molecule has 2 heterocycles. The van der Waals surface area contributed by atoms with Gasteiger partial charge in [0, 0.05) is 28.7 Å². The maximum Gasteiger partial charge on any atom is 0.264 e. The zero-order chi connectivity index (χ0) is 18.8. The molecule has 1 saturated heterocycles. The van der Waals surface area contributed by atoms with E-state index in [-0.39, 0.29) is 30.8 Å². The molecule has 138 valence electrons. The normalized spacial score (nSPS) is 14.3. The Kier molecular flexibility index (Phi) is 4.77. The number of hydrogen-bond donors (Lipinski definition) is 1. The van der Waals surface area contributed by atoms with Gasteiger partial charge in [0.25, 0.3) is 5.91 Å². The highest BCUT2D eigenvalue weighted by molar-refractivity contribution is 7.21. The summed E-state index contributed by atoms with van der Waals surface area (Å²) in [5, 5.41) is 3.11. The third-order valence-electron chi connectivity index (χ3n) is 4.41. The Bertz CT molecular complexity index is 1000. The number of nitrogens with zero attached hydrogens (tertiary/aromatic N) is 1. The largest absolute Gasteiger partial charge is 0.489 e. The molecular weight excluding hydrogens is 367 g/mol. The highest BCUT2D eigenvalue weighted by Gasteiger charge is 2.28. The number of ether oxygens (including phenoxy) is 1. The van der Waals surface area contributed by atoms with E-state index in [1.165, 1.54) is 22.3 Å². The van der Waals surface area contributed by atoms with Crippen LogP contribution in [-0.4, -0.2) is 36.3 Å². The van der Waals surface area contributed by atoms with Crippen molar-refractivity contribution in [1.82, 2.24) is 10.2 Å². The Balaban J connectivity index is 1.71. The van der Waals surface area contributed by atoms with Crippen LogP contribution in [0.3, 0.4) is 0 Å². The molecule has 1 N–H and O–H groups in total. The first kappa shape index (κ1) is 17.5. The Morgan fingerprint density at radius 1 is 1.19 bits per heavy atom. The predicted molar refractivity (Wildman–Crippen MR) is 101 cm³/mol. The molecule has 1 fully saturated rings. The quantitative estimate of drug-likeness (QED) is 0.752. The predicted octanol–water partition coefficient (Wildman–Crippen LogP) is 3.19. The van der Waals surface area contributed by atoms with E-state index in [1.807, 2.05) is 18.2 Å². The number of rotatable bonds is 4. The Morgan fingerprint density at radius 2 is 2.00 bits per heavy atom. The van der Waals surface area contributed by atoms with Gasteiger partial charge in [0.15, 0.2) is 0 Å². The molecule has 0 aliphatic carbocycles. The molecule has 0 bridgehead atoms. The molecule has 3 aromatic rings. The van der Waals surface area contributed by atoms with E-state index in [2.05, 4.69) is 5.32 Å². The van der Waals surface area contributed by atoms with Crippen LogP contribution < -0.4 is 10.1 Å². The summed E-state index contributed by atoms with van der Waals surface area (Å²) in [5.41, 5.74) is 0.521. The Labute approximate surface area is 159 Å². The van der Waals surface area contributed by atoms with E-state index in [1.54, 1.807) is 24.3 Å². The fraction of sp³-hybridized carbons (Fsp3) is 0.200.